The Morgan fingerprint density at radius 2 is 1.96 bits per heavy atom. The van der Waals surface area contributed by atoms with Gasteiger partial charge >= 0.3 is 0 Å². The quantitative estimate of drug-likeness (QED) is 0.804. The number of hydrogen-bond acceptors (Lipinski definition) is 4. The number of halogens is 2. The van der Waals surface area contributed by atoms with Crippen molar-refractivity contribution in [3.8, 4) is 0 Å². The van der Waals surface area contributed by atoms with E-state index in [0.717, 1.165) is 16.2 Å². The molecule has 1 N–H and O–H groups in total. The summed E-state index contributed by atoms with van der Waals surface area (Å²) in [7, 11) is -3.56. The molecular formula is C18H17ClFNO3S2. The highest BCUT2D eigenvalue weighted by Gasteiger charge is 2.24. The third-order valence-electron chi connectivity index (χ3n) is 4.12. The van der Waals surface area contributed by atoms with E-state index in [4.69, 9.17) is 11.6 Å². The maximum atomic E-state index is 13.5. The van der Waals surface area contributed by atoms with Crippen LogP contribution >= 0.6 is 23.4 Å². The smallest absolute Gasteiger partial charge is 0.221 e. The van der Waals surface area contributed by atoms with E-state index in [1.165, 1.54) is 36.4 Å². The van der Waals surface area contributed by atoms with Crippen molar-refractivity contribution in [1.82, 2.24) is 5.32 Å². The number of thioether (sulfide) groups is 1. The number of hydrogen-bond donors (Lipinski definition) is 1. The van der Waals surface area contributed by atoms with Crippen molar-refractivity contribution >= 4 is 39.1 Å². The molecule has 3 rings (SSSR count). The first-order chi connectivity index (χ1) is 12.3. The lowest BCUT2D eigenvalue weighted by molar-refractivity contribution is -0.121. The summed E-state index contributed by atoms with van der Waals surface area (Å²) in [6.45, 7) is 0. The van der Waals surface area contributed by atoms with Crippen LogP contribution in [0.25, 0.3) is 0 Å². The molecule has 0 aromatic heterocycles. The largest absolute Gasteiger partial charge is 0.349 e. The SMILES string of the molecule is O=C(CCS(=O)(=O)c1ccc(Cl)cc1)N[C@@H]1CCSc2ccc(F)cc21. The van der Waals surface area contributed by atoms with Crippen LogP contribution in [0.3, 0.4) is 0 Å². The zero-order valence-electron chi connectivity index (χ0n) is 13.7. The predicted octanol–water partition coefficient (Wildman–Crippen LogP) is 4.00. The molecule has 0 saturated heterocycles. The molecule has 0 unspecified atom stereocenters. The van der Waals surface area contributed by atoms with Gasteiger partial charge in [0.25, 0.3) is 0 Å². The molecule has 2 aromatic rings. The van der Waals surface area contributed by atoms with Crippen LogP contribution in [0.5, 0.6) is 0 Å². The predicted molar refractivity (Wildman–Crippen MR) is 101 cm³/mol. The molecule has 1 amide bonds. The van der Waals surface area contributed by atoms with E-state index in [9.17, 15) is 17.6 Å². The van der Waals surface area contributed by atoms with Gasteiger partial charge in [0.2, 0.25) is 5.91 Å². The number of carbonyl (C=O) groups excluding carboxylic acids is 1. The molecule has 1 heterocycles. The number of amides is 1. The highest BCUT2D eigenvalue weighted by molar-refractivity contribution is 7.99. The lowest BCUT2D eigenvalue weighted by Crippen LogP contribution is -2.31. The van der Waals surface area contributed by atoms with Gasteiger partial charge in [-0.1, -0.05) is 11.6 Å². The Kier molecular flexibility index (Phi) is 5.89. The molecule has 138 valence electrons. The second kappa shape index (κ2) is 7.98. The van der Waals surface area contributed by atoms with Gasteiger partial charge in [0.15, 0.2) is 9.84 Å². The van der Waals surface area contributed by atoms with Gasteiger partial charge in [0, 0.05) is 22.1 Å². The molecule has 0 bridgehead atoms. The van der Waals surface area contributed by atoms with E-state index >= 15 is 0 Å². The van der Waals surface area contributed by atoms with Crippen LogP contribution in [0.2, 0.25) is 5.02 Å². The monoisotopic (exact) mass is 413 g/mol. The molecule has 1 aliphatic heterocycles. The molecule has 0 radical (unpaired) electrons. The van der Waals surface area contributed by atoms with E-state index in [2.05, 4.69) is 5.32 Å². The molecule has 2 aromatic carbocycles. The number of carbonyl (C=O) groups is 1. The van der Waals surface area contributed by atoms with Crippen LogP contribution in [0.1, 0.15) is 24.4 Å². The Balaban J connectivity index is 1.63. The Morgan fingerprint density at radius 1 is 1.23 bits per heavy atom. The first-order valence-electron chi connectivity index (χ1n) is 8.05. The molecule has 0 spiro atoms. The van der Waals surface area contributed by atoms with E-state index in [-0.39, 0.29) is 34.8 Å². The van der Waals surface area contributed by atoms with Crippen molar-refractivity contribution < 1.29 is 17.6 Å². The second-order valence-corrected chi connectivity index (χ2v) is 9.64. The van der Waals surface area contributed by atoms with Crippen molar-refractivity contribution in [2.75, 3.05) is 11.5 Å². The first-order valence-corrected chi connectivity index (χ1v) is 11.1. The summed E-state index contributed by atoms with van der Waals surface area (Å²) < 4.78 is 38.1. The van der Waals surface area contributed by atoms with Gasteiger partial charge in [-0.25, -0.2) is 12.8 Å². The van der Waals surface area contributed by atoms with E-state index in [1.54, 1.807) is 17.8 Å². The lowest BCUT2D eigenvalue weighted by atomic mass is 10.0. The van der Waals surface area contributed by atoms with E-state index in [0.29, 0.717) is 11.4 Å². The second-order valence-electron chi connectivity index (χ2n) is 5.96. The molecule has 8 heteroatoms. The minimum atomic E-state index is -3.56. The zero-order valence-corrected chi connectivity index (χ0v) is 16.1. The summed E-state index contributed by atoms with van der Waals surface area (Å²) >= 11 is 7.38. The van der Waals surface area contributed by atoms with Gasteiger partial charge in [-0.05, 0) is 54.4 Å². The number of sulfone groups is 1. The summed E-state index contributed by atoms with van der Waals surface area (Å²) in [4.78, 5) is 13.3. The molecule has 4 nitrogen and oxygen atoms in total. The van der Waals surface area contributed by atoms with Gasteiger partial charge in [0.1, 0.15) is 5.82 Å². The van der Waals surface area contributed by atoms with Gasteiger partial charge in [-0.2, -0.15) is 0 Å². The molecule has 26 heavy (non-hydrogen) atoms. The Bertz CT molecular complexity index is 917. The normalized spacial score (nSPS) is 16.8. The maximum absolute atomic E-state index is 13.5. The van der Waals surface area contributed by atoms with Crippen molar-refractivity contribution in [3.05, 3.63) is 58.9 Å². The van der Waals surface area contributed by atoms with Crippen LogP contribution in [0, 0.1) is 5.82 Å². The van der Waals surface area contributed by atoms with E-state index in [1.807, 2.05) is 0 Å². The number of fused-ring (bicyclic) bond motifs is 1. The summed E-state index contributed by atoms with van der Waals surface area (Å²) in [6.07, 6.45) is 0.524. The number of rotatable bonds is 5. The maximum Gasteiger partial charge on any atom is 0.221 e. The molecule has 1 aliphatic rings. The third kappa shape index (κ3) is 4.58. The molecule has 0 aliphatic carbocycles. The highest BCUT2D eigenvalue weighted by Crippen LogP contribution is 2.36. The van der Waals surface area contributed by atoms with Crippen molar-refractivity contribution in [3.63, 3.8) is 0 Å². The van der Waals surface area contributed by atoms with Gasteiger partial charge in [0.05, 0.1) is 16.7 Å². The average molecular weight is 414 g/mol. The summed E-state index contributed by atoms with van der Waals surface area (Å²) in [5, 5.41) is 3.28. The molecule has 0 fully saturated rings. The van der Waals surface area contributed by atoms with Crippen LogP contribution < -0.4 is 5.32 Å². The lowest BCUT2D eigenvalue weighted by Gasteiger charge is -2.26. The Labute approximate surface area is 161 Å². The number of benzene rings is 2. The minimum Gasteiger partial charge on any atom is -0.349 e. The van der Waals surface area contributed by atoms with Crippen molar-refractivity contribution in [1.29, 1.82) is 0 Å². The summed E-state index contributed by atoms with van der Waals surface area (Å²) in [5.74, 6) is -0.199. The minimum absolute atomic E-state index is 0.135. The van der Waals surface area contributed by atoms with E-state index < -0.39 is 9.84 Å². The zero-order chi connectivity index (χ0) is 18.7. The van der Waals surface area contributed by atoms with Crippen molar-refractivity contribution in [2.45, 2.75) is 28.7 Å². The summed E-state index contributed by atoms with van der Waals surface area (Å²) in [6, 6.07) is 10.1. The standard InChI is InChI=1S/C18H17ClFNO3S2/c19-12-1-4-14(5-2-12)26(23,24)10-8-18(22)21-16-7-9-25-17-6-3-13(20)11-15(16)17/h1-6,11,16H,7-10H2,(H,21,22)/t16-/m1/s1. The van der Waals surface area contributed by atoms with Crippen LogP contribution in [-0.4, -0.2) is 25.8 Å². The molecular weight excluding hydrogens is 397 g/mol. The highest BCUT2D eigenvalue weighted by atomic mass is 35.5. The Morgan fingerprint density at radius 3 is 2.69 bits per heavy atom. The molecule has 1 atom stereocenters. The van der Waals surface area contributed by atoms with Crippen molar-refractivity contribution in [2.24, 2.45) is 0 Å². The van der Waals surface area contributed by atoms with Gasteiger partial charge < -0.3 is 5.32 Å². The van der Waals surface area contributed by atoms with Crippen LogP contribution in [0.4, 0.5) is 4.39 Å². The summed E-state index contributed by atoms with van der Waals surface area (Å²) in [5.41, 5.74) is 0.746. The fraction of sp³-hybridized carbons (Fsp3) is 0.278. The third-order valence-corrected chi connectivity index (χ3v) is 7.22. The number of nitrogens with one attached hydrogen (secondary N) is 1. The van der Waals surface area contributed by atoms with Gasteiger partial charge in [-0.15, -0.1) is 11.8 Å². The fourth-order valence-electron chi connectivity index (χ4n) is 2.77. The first kappa shape index (κ1) is 19.2. The average Bonchev–Trinajstić information content (AvgIpc) is 2.61. The van der Waals surface area contributed by atoms with Crippen LogP contribution in [0.15, 0.2) is 52.3 Å². The molecule has 0 saturated carbocycles. The topological polar surface area (TPSA) is 63.2 Å². The van der Waals surface area contributed by atoms with Gasteiger partial charge in [-0.3, -0.25) is 4.79 Å². The Hall–Kier alpha value is -1.57. The fourth-order valence-corrected chi connectivity index (χ4v) is 5.24. The van der Waals surface area contributed by atoms with Crippen LogP contribution in [-0.2, 0) is 14.6 Å².